The lowest BCUT2D eigenvalue weighted by Gasteiger charge is -2.25. The predicted molar refractivity (Wildman–Crippen MR) is 96.5 cm³/mol. The lowest BCUT2D eigenvalue weighted by atomic mass is 10.0. The molecule has 0 radical (unpaired) electrons. The number of esters is 1. The summed E-state index contributed by atoms with van der Waals surface area (Å²) in [6.07, 6.45) is -0.484. The first kappa shape index (κ1) is 18.6. The van der Waals surface area contributed by atoms with Crippen molar-refractivity contribution in [1.29, 1.82) is 0 Å². The van der Waals surface area contributed by atoms with Crippen LogP contribution in [0, 0.1) is 0 Å². The Balaban J connectivity index is 2.60. The monoisotopic (exact) mass is 345 g/mol. The van der Waals surface area contributed by atoms with Crippen molar-refractivity contribution in [3.8, 4) is 5.75 Å². The van der Waals surface area contributed by atoms with Crippen molar-refractivity contribution in [1.82, 2.24) is 0 Å². The average molecular weight is 345 g/mol. The van der Waals surface area contributed by atoms with Crippen molar-refractivity contribution in [2.45, 2.75) is 26.4 Å². The normalized spacial score (nSPS) is 11.1. The van der Waals surface area contributed by atoms with Crippen LogP contribution in [0.4, 0.5) is 10.5 Å². The number of rotatable bonds is 3. The van der Waals surface area contributed by atoms with Crippen molar-refractivity contribution in [3.05, 3.63) is 35.9 Å². The molecule has 2 aromatic carbocycles. The summed E-state index contributed by atoms with van der Waals surface area (Å²) in [4.78, 5) is 25.8. The highest BCUT2D eigenvalue weighted by atomic mass is 16.6. The number of amides is 1. The zero-order valence-electron chi connectivity index (χ0n) is 15.4. The first-order chi connectivity index (χ1) is 11.7. The lowest BCUT2D eigenvalue weighted by Crippen LogP contribution is -2.34. The number of nitrogens with zero attached hydrogens (tertiary/aromatic N) is 1. The summed E-state index contributed by atoms with van der Waals surface area (Å²) in [7, 11) is 4.52. The van der Waals surface area contributed by atoms with Gasteiger partial charge in [-0.15, -0.1) is 0 Å². The van der Waals surface area contributed by atoms with E-state index in [1.165, 1.54) is 12.0 Å². The quantitative estimate of drug-likeness (QED) is 0.787. The average Bonchev–Trinajstić information content (AvgIpc) is 2.57. The summed E-state index contributed by atoms with van der Waals surface area (Å²) in [6.45, 7) is 5.42. The topological polar surface area (TPSA) is 65.1 Å². The van der Waals surface area contributed by atoms with Crippen LogP contribution in [0.15, 0.2) is 30.3 Å². The number of benzene rings is 2. The Morgan fingerprint density at radius 2 is 1.68 bits per heavy atom. The predicted octanol–water partition coefficient (Wildman–Crippen LogP) is 4.01. The molecule has 0 fully saturated rings. The molecule has 134 valence electrons. The van der Waals surface area contributed by atoms with Gasteiger partial charge in [0.1, 0.15) is 11.4 Å². The molecule has 25 heavy (non-hydrogen) atoms. The Kier molecular flexibility index (Phi) is 5.21. The minimum Gasteiger partial charge on any atom is -0.497 e. The van der Waals surface area contributed by atoms with Gasteiger partial charge in [-0.25, -0.2) is 9.59 Å². The van der Waals surface area contributed by atoms with Crippen molar-refractivity contribution in [2.75, 3.05) is 26.2 Å². The van der Waals surface area contributed by atoms with Crippen LogP contribution in [0.25, 0.3) is 10.8 Å². The fourth-order valence-electron chi connectivity index (χ4n) is 2.45. The molecule has 0 aliphatic rings. The van der Waals surface area contributed by atoms with E-state index in [9.17, 15) is 9.59 Å². The molecule has 0 saturated carbocycles. The molecular weight excluding hydrogens is 322 g/mol. The van der Waals surface area contributed by atoms with Gasteiger partial charge in [0.25, 0.3) is 0 Å². The second-order valence-corrected chi connectivity index (χ2v) is 6.57. The molecule has 0 N–H and O–H groups in total. The summed E-state index contributed by atoms with van der Waals surface area (Å²) in [5, 5.41) is 1.36. The van der Waals surface area contributed by atoms with E-state index in [1.807, 2.05) is 0 Å². The van der Waals surface area contributed by atoms with Gasteiger partial charge >= 0.3 is 12.1 Å². The van der Waals surface area contributed by atoms with E-state index in [2.05, 4.69) is 0 Å². The first-order valence-corrected chi connectivity index (χ1v) is 7.83. The van der Waals surface area contributed by atoms with Crippen LogP contribution in [-0.4, -0.2) is 38.9 Å². The maximum absolute atomic E-state index is 12.4. The van der Waals surface area contributed by atoms with Gasteiger partial charge in [-0.3, -0.25) is 4.90 Å². The molecule has 0 heterocycles. The highest BCUT2D eigenvalue weighted by molar-refractivity contribution is 6.11. The molecule has 6 nitrogen and oxygen atoms in total. The number of ether oxygens (including phenoxy) is 3. The minimum atomic E-state index is -0.606. The van der Waals surface area contributed by atoms with Gasteiger partial charge in [-0.1, -0.05) is 0 Å². The third-order valence-electron chi connectivity index (χ3n) is 3.63. The molecule has 0 bridgehead atoms. The summed E-state index contributed by atoms with van der Waals surface area (Å²) in [6, 6.07) is 8.63. The van der Waals surface area contributed by atoms with E-state index in [1.54, 1.807) is 65.3 Å². The molecule has 0 saturated heterocycles. The smallest absolute Gasteiger partial charge is 0.414 e. The number of carbonyl (C=O) groups is 2. The van der Waals surface area contributed by atoms with Gasteiger partial charge in [0, 0.05) is 12.4 Å². The molecule has 0 unspecified atom stereocenters. The van der Waals surface area contributed by atoms with Gasteiger partial charge in [0.15, 0.2) is 0 Å². The van der Waals surface area contributed by atoms with Gasteiger partial charge < -0.3 is 14.2 Å². The molecule has 0 atom stereocenters. The third kappa shape index (κ3) is 4.02. The van der Waals surface area contributed by atoms with Crippen molar-refractivity contribution in [3.63, 3.8) is 0 Å². The SMILES string of the molecule is COC(=O)c1ccc(N(C)C(=O)OC(C)(C)C)c2cc(OC)ccc12. The van der Waals surface area contributed by atoms with Crippen LogP contribution in [0.3, 0.4) is 0 Å². The van der Waals surface area contributed by atoms with E-state index in [4.69, 9.17) is 14.2 Å². The van der Waals surface area contributed by atoms with Gasteiger partial charge in [-0.2, -0.15) is 0 Å². The molecule has 2 rings (SSSR count). The molecule has 6 heteroatoms. The Hall–Kier alpha value is -2.76. The molecule has 2 aromatic rings. The van der Waals surface area contributed by atoms with Crippen molar-refractivity contribution in [2.24, 2.45) is 0 Å². The Bertz CT molecular complexity index is 807. The van der Waals surface area contributed by atoms with Gasteiger partial charge in [-0.05, 0) is 56.5 Å². The van der Waals surface area contributed by atoms with Crippen molar-refractivity contribution < 1.29 is 23.8 Å². The van der Waals surface area contributed by atoms with Crippen LogP contribution in [0.2, 0.25) is 0 Å². The number of carbonyl (C=O) groups excluding carboxylic acids is 2. The molecule has 0 spiro atoms. The summed E-state index contributed by atoms with van der Waals surface area (Å²) >= 11 is 0. The highest BCUT2D eigenvalue weighted by Crippen LogP contribution is 2.33. The van der Waals surface area contributed by atoms with E-state index in [0.29, 0.717) is 27.8 Å². The molecule has 0 aliphatic carbocycles. The van der Waals surface area contributed by atoms with Crippen LogP contribution < -0.4 is 9.64 Å². The molecular formula is C19H23NO5. The Morgan fingerprint density at radius 1 is 1.00 bits per heavy atom. The number of hydrogen-bond acceptors (Lipinski definition) is 5. The Morgan fingerprint density at radius 3 is 2.24 bits per heavy atom. The zero-order valence-corrected chi connectivity index (χ0v) is 15.4. The fourth-order valence-corrected chi connectivity index (χ4v) is 2.45. The molecule has 0 aromatic heterocycles. The number of hydrogen-bond donors (Lipinski definition) is 0. The molecule has 1 amide bonds. The Labute approximate surface area is 147 Å². The van der Waals surface area contributed by atoms with Crippen LogP contribution >= 0.6 is 0 Å². The summed E-state index contributed by atoms with van der Waals surface area (Å²) in [5.41, 5.74) is 0.419. The third-order valence-corrected chi connectivity index (χ3v) is 3.63. The fraction of sp³-hybridized carbons (Fsp3) is 0.368. The highest BCUT2D eigenvalue weighted by Gasteiger charge is 2.23. The summed E-state index contributed by atoms with van der Waals surface area (Å²) in [5.74, 6) is 0.176. The standard InChI is InChI=1S/C19H23NO5/c1-19(2,3)25-18(22)20(4)16-10-9-14(17(21)24-6)13-8-7-12(23-5)11-15(13)16/h7-11H,1-6H3. The van der Waals surface area contributed by atoms with E-state index >= 15 is 0 Å². The minimum absolute atomic E-state index is 0.418. The zero-order chi connectivity index (χ0) is 18.8. The summed E-state index contributed by atoms with van der Waals surface area (Å²) < 4.78 is 15.5. The van der Waals surface area contributed by atoms with Gasteiger partial charge in [0.2, 0.25) is 0 Å². The number of anilines is 1. The van der Waals surface area contributed by atoms with Crippen LogP contribution in [0.5, 0.6) is 5.75 Å². The maximum Gasteiger partial charge on any atom is 0.414 e. The second-order valence-electron chi connectivity index (χ2n) is 6.57. The lowest BCUT2D eigenvalue weighted by molar-refractivity contribution is 0.0586. The van der Waals surface area contributed by atoms with Crippen LogP contribution in [0.1, 0.15) is 31.1 Å². The first-order valence-electron chi connectivity index (χ1n) is 7.83. The number of methoxy groups -OCH3 is 2. The second kappa shape index (κ2) is 7.01. The number of fused-ring (bicyclic) bond motifs is 1. The maximum atomic E-state index is 12.4. The van der Waals surface area contributed by atoms with Crippen LogP contribution in [-0.2, 0) is 9.47 Å². The van der Waals surface area contributed by atoms with E-state index in [0.717, 1.165) is 0 Å². The van der Waals surface area contributed by atoms with E-state index in [-0.39, 0.29) is 0 Å². The molecule has 0 aliphatic heterocycles. The van der Waals surface area contributed by atoms with E-state index < -0.39 is 17.7 Å². The van der Waals surface area contributed by atoms with Gasteiger partial charge in [0.05, 0.1) is 25.5 Å². The largest absolute Gasteiger partial charge is 0.497 e. The van der Waals surface area contributed by atoms with Crippen molar-refractivity contribution >= 4 is 28.5 Å².